The first-order valence-corrected chi connectivity index (χ1v) is 8.73. The van der Waals surface area contributed by atoms with Crippen LogP contribution in [0.1, 0.15) is 17.4 Å². The number of hydrogen-bond acceptors (Lipinski definition) is 6. The highest BCUT2D eigenvalue weighted by Crippen LogP contribution is 2.36. The van der Waals surface area contributed by atoms with E-state index in [1.165, 1.54) is 23.1 Å². The van der Waals surface area contributed by atoms with Crippen molar-refractivity contribution in [3.8, 4) is 0 Å². The molecule has 21 heavy (non-hydrogen) atoms. The largest absolute Gasteiger partial charge is 0.295 e. The van der Waals surface area contributed by atoms with Gasteiger partial charge in [0, 0.05) is 0 Å². The Balaban J connectivity index is 2.24. The van der Waals surface area contributed by atoms with Crippen molar-refractivity contribution < 1.29 is 4.79 Å². The molecule has 0 fully saturated rings. The quantitative estimate of drug-likeness (QED) is 0.446. The zero-order valence-electron chi connectivity index (χ0n) is 10.3. The van der Waals surface area contributed by atoms with E-state index in [4.69, 9.17) is 46.4 Å². The number of nitrogens with one attached hydrogen (secondary N) is 1. The number of rotatable bonds is 4. The Hall–Kier alpha value is -0.310. The van der Waals surface area contributed by atoms with Gasteiger partial charge in [0.15, 0.2) is 10.0 Å². The van der Waals surface area contributed by atoms with Gasteiger partial charge in [0.2, 0.25) is 5.13 Å². The lowest BCUT2D eigenvalue weighted by atomic mass is 10.3. The van der Waals surface area contributed by atoms with Gasteiger partial charge in [-0.3, -0.25) is 10.1 Å². The molecule has 1 amide bonds. The van der Waals surface area contributed by atoms with E-state index in [-0.39, 0.29) is 25.9 Å². The number of carbonyl (C=O) groups is 1. The van der Waals surface area contributed by atoms with Crippen LogP contribution in [-0.4, -0.2) is 26.8 Å². The number of carbonyl (C=O) groups excluding carboxylic acids is 1. The molecule has 0 atom stereocenters. The molecule has 0 aliphatic carbocycles. The number of amides is 1. The van der Waals surface area contributed by atoms with E-state index in [2.05, 4.69) is 20.5 Å². The van der Waals surface area contributed by atoms with Crippen molar-refractivity contribution in [2.45, 2.75) is 11.3 Å². The lowest BCUT2D eigenvalue weighted by Crippen LogP contribution is -2.14. The highest BCUT2D eigenvalue weighted by Gasteiger charge is 2.21. The van der Waals surface area contributed by atoms with Crippen molar-refractivity contribution in [3.05, 3.63) is 25.9 Å². The summed E-state index contributed by atoms with van der Waals surface area (Å²) in [5.74, 6) is 0.267. The first kappa shape index (κ1) is 17.1. The van der Waals surface area contributed by atoms with Gasteiger partial charge in [-0.05, 0) is 5.75 Å². The molecule has 112 valence electrons. The van der Waals surface area contributed by atoms with Crippen molar-refractivity contribution in [3.63, 3.8) is 0 Å². The minimum absolute atomic E-state index is 0.00238. The van der Waals surface area contributed by atoms with Crippen LogP contribution in [0.4, 0.5) is 5.13 Å². The van der Waals surface area contributed by atoms with Crippen molar-refractivity contribution in [1.82, 2.24) is 15.2 Å². The molecule has 2 aromatic rings. The SMILES string of the molecule is CCSc1nnc(NC(=O)c2nc(Cl)c(Cl)c(Cl)c2Cl)s1. The van der Waals surface area contributed by atoms with Gasteiger partial charge in [-0.2, -0.15) is 0 Å². The van der Waals surface area contributed by atoms with Gasteiger partial charge >= 0.3 is 0 Å². The summed E-state index contributed by atoms with van der Waals surface area (Å²) in [6.07, 6.45) is 0. The van der Waals surface area contributed by atoms with Crippen LogP contribution >= 0.6 is 69.5 Å². The fraction of sp³-hybridized carbons (Fsp3) is 0.200. The average Bonchev–Trinajstić information content (AvgIpc) is 2.88. The number of thioether (sulfide) groups is 1. The van der Waals surface area contributed by atoms with Crippen molar-refractivity contribution in [2.75, 3.05) is 11.1 Å². The summed E-state index contributed by atoms with van der Waals surface area (Å²) in [4.78, 5) is 16.0. The fourth-order valence-corrected chi connectivity index (χ4v) is 3.69. The minimum Gasteiger partial charge on any atom is -0.295 e. The van der Waals surface area contributed by atoms with E-state index in [0.29, 0.717) is 5.13 Å². The summed E-state index contributed by atoms with van der Waals surface area (Å²) in [5, 5.41) is 10.4. The molecule has 2 rings (SSSR count). The third kappa shape index (κ3) is 3.91. The Morgan fingerprint density at radius 3 is 2.57 bits per heavy atom. The topological polar surface area (TPSA) is 67.8 Å². The van der Waals surface area contributed by atoms with Gasteiger partial charge in [-0.25, -0.2) is 4.98 Å². The maximum atomic E-state index is 12.1. The predicted molar refractivity (Wildman–Crippen MR) is 88.5 cm³/mol. The van der Waals surface area contributed by atoms with Crippen LogP contribution in [0.2, 0.25) is 20.2 Å². The molecule has 0 aliphatic heterocycles. The molecular formula is C10H6Cl4N4OS2. The molecule has 11 heteroatoms. The van der Waals surface area contributed by atoms with E-state index >= 15 is 0 Å². The average molecular weight is 404 g/mol. The molecule has 2 heterocycles. The second kappa shape index (κ2) is 7.30. The fourth-order valence-electron chi connectivity index (χ4n) is 1.24. The molecule has 1 N–H and O–H groups in total. The summed E-state index contributed by atoms with van der Waals surface area (Å²) >= 11 is 26.2. The summed E-state index contributed by atoms with van der Waals surface area (Å²) in [6, 6.07) is 0. The summed E-state index contributed by atoms with van der Waals surface area (Å²) < 4.78 is 0.749. The van der Waals surface area contributed by atoms with Gasteiger partial charge in [-0.15, -0.1) is 10.2 Å². The molecule has 0 aromatic carbocycles. The van der Waals surface area contributed by atoms with E-state index in [9.17, 15) is 4.79 Å². The zero-order chi connectivity index (χ0) is 15.6. The molecule has 0 saturated carbocycles. The Morgan fingerprint density at radius 2 is 1.90 bits per heavy atom. The summed E-state index contributed by atoms with van der Waals surface area (Å²) in [6.45, 7) is 1.99. The lowest BCUT2D eigenvalue weighted by Gasteiger charge is -2.07. The monoisotopic (exact) mass is 402 g/mol. The second-order valence-electron chi connectivity index (χ2n) is 3.45. The van der Waals surface area contributed by atoms with Crippen LogP contribution in [0, 0.1) is 0 Å². The molecule has 0 saturated heterocycles. The molecule has 0 radical (unpaired) electrons. The minimum atomic E-state index is -0.593. The third-order valence-electron chi connectivity index (χ3n) is 2.09. The zero-order valence-corrected chi connectivity index (χ0v) is 14.9. The number of halogens is 4. The predicted octanol–water partition coefficient (Wildman–Crippen LogP) is 4.91. The van der Waals surface area contributed by atoms with Gasteiger partial charge in [0.25, 0.3) is 5.91 Å². The molecular weight excluding hydrogens is 398 g/mol. The molecule has 0 spiro atoms. The van der Waals surface area contributed by atoms with Crippen LogP contribution in [-0.2, 0) is 0 Å². The third-order valence-corrected chi connectivity index (χ3v) is 5.63. The lowest BCUT2D eigenvalue weighted by molar-refractivity contribution is 0.102. The Bertz CT molecular complexity index is 694. The highest BCUT2D eigenvalue weighted by atomic mass is 35.5. The molecule has 0 aliphatic rings. The Morgan fingerprint density at radius 1 is 1.19 bits per heavy atom. The van der Waals surface area contributed by atoms with Gasteiger partial charge < -0.3 is 0 Å². The highest BCUT2D eigenvalue weighted by molar-refractivity contribution is 8.01. The molecule has 0 bridgehead atoms. The van der Waals surface area contributed by atoms with Crippen LogP contribution in [0.25, 0.3) is 0 Å². The number of aromatic nitrogens is 3. The van der Waals surface area contributed by atoms with Crippen LogP contribution < -0.4 is 5.32 Å². The van der Waals surface area contributed by atoms with Crippen molar-refractivity contribution >= 4 is 80.5 Å². The molecule has 0 unspecified atom stereocenters. The number of hydrogen-bond donors (Lipinski definition) is 1. The Kier molecular flexibility index (Phi) is 5.93. The van der Waals surface area contributed by atoms with Gasteiger partial charge in [-0.1, -0.05) is 76.4 Å². The first-order chi connectivity index (χ1) is 9.93. The van der Waals surface area contributed by atoms with Gasteiger partial charge in [0.05, 0.1) is 15.1 Å². The summed E-state index contributed by atoms with van der Waals surface area (Å²) in [7, 11) is 0. The standard InChI is InChI=1S/C10H6Cl4N4OS2/c1-2-20-10-18-17-9(21-10)16-8(19)6-4(12)3(11)5(13)7(14)15-6/h2H2,1H3,(H,16,17,19). The molecule has 2 aromatic heterocycles. The van der Waals surface area contributed by atoms with E-state index in [1.54, 1.807) is 0 Å². The van der Waals surface area contributed by atoms with Crippen LogP contribution in [0.5, 0.6) is 0 Å². The number of anilines is 1. The smallest absolute Gasteiger partial charge is 0.277 e. The number of pyridine rings is 1. The van der Waals surface area contributed by atoms with E-state index < -0.39 is 5.91 Å². The van der Waals surface area contributed by atoms with Gasteiger partial charge in [0.1, 0.15) is 5.15 Å². The van der Waals surface area contributed by atoms with Crippen LogP contribution in [0.3, 0.4) is 0 Å². The van der Waals surface area contributed by atoms with Crippen molar-refractivity contribution in [2.24, 2.45) is 0 Å². The number of nitrogens with zero attached hydrogens (tertiary/aromatic N) is 3. The summed E-state index contributed by atoms with van der Waals surface area (Å²) in [5.41, 5.74) is -0.129. The maximum absolute atomic E-state index is 12.1. The Labute approximate surface area is 148 Å². The second-order valence-corrected chi connectivity index (χ2v) is 7.43. The van der Waals surface area contributed by atoms with Crippen molar-refractivity contribution in [1.29, 1.82) is 0 Å². The normalized spacial score (nSPS) is 10.7. The molecule has 5 nitrogen and oxygen atoms in total. The van der Waals surface area contributed by atoms with E-state index in [0.717, 1.165) is 10.1 Å². The first-order valence-electron chi connectivity index (χ1n) is 5.41. The van der Waals surface area contributed by atoms with Crippen LogP contribution in [0.15, 0.2) is 4.34 Å². The van der Waals surface area contributed by atoms with E-state index in [1.807, 2.05) is 6.92 Å². The maximum Gasteiger partial charge on any atom is 0.277 e.